The van der Waals surface area contributed by atoms with Crippen LogP contribution in [0.3, 0.4) is 0 Å². The van der Waals surface area contributed by atoms with Crippen molar-refractivity contribution in [2.75, 3.05) is 7.11 Å². The van der Waals surface area contributed by atoms with Gasteiger partial charge in [0.05, 0.1) is 7.11 Å². The average Bonchev–Trinajstić information content (AvgIpc) is 1.80. The molecule has 0 aromatic heterocycles. The summed E-state index contributed by atoms with van der Waals surface area (Å²) in [7, 11) is 1.05. The summed E-state index contributed by atoms with van der Waals surface area (Å²) in [5, 5.41) is 0. The third kappa shape index (κ3) is 3.03. The van der Waals surface area contributed by atoms with Crippen LogP contribution in [0.4, 0.5) is 13.2 Å². The quantitative estimate of drug-likeness (QED) is 0.461. The fraction of sp³-hybridized carbons (Fsp3) is 1.00. The van der Waals surface area contributed by atoms with Gasteiger partial charge in [0.15, 0.2) is 6.10 Å². The van der Waals surface area contributed by atoms with Crippen LogP contribution >= 0.6 is 0 Å². The summed E-state index contributed by atoms with van der Waals surface area (Å²) >= 11 is 0. The first-order valence-corrected chi connectivity index (χ1v) is 2.78. The van der Waals surface area contributed by atoms with E-state index in [1.807, 2.05) is 0 Å². The second kappa shape index (κ2) is 3.78. The van der Waals surface area contributed by atoms with Crippen LogP contribution in [0.15, 0.2) is 0 Å². The van der Waals surface area contributed by atoms with Gasteiger partial charge in [-0.3, -0.25) is 0 Å². The molecule has 1 atom stereocenters. The second-order valence-electron chi connectivity index (χ2n) is 1.70. The van der Waals surface area contributed by atoms with Crippen molar-refractivity contribution in [3.05, 3.63) is 0 Å². The lowest BCUT2D eigenvalue weighted by molar-refractivity contribution is -0.366. The highest BCUT2D eigenvalue weighted by molar-refractivity contribution is 4.62. The van der Waals surface area contributed by atoms with E-state index >= 15 is 0 Å². The average molecular weight is 158 g/mol. The number of alkyl halides is 3. The van der Waals surface area contributed by atoms with E-state index in [9.17, 15) is 13.2 Å². The molecule has 0 aliphatic heterocycles. The molecule has 0 aromatic rings. The molecular formula is C5H9F3O2. The lowest BCUT2D eigenvalue weighted by Crippen LogP contribution is -2.30. The summed E-state index contributed by atoms with van der Waals surface area (Å²) in [6.07, 6.45) is -6.28. The van der Waals surface area contributed by atoms with Crippen LogP contribution in [0, 0.1) is 0 Å². The van der Waals surface area contributed by atoms with E-state index in [0.717, 1.165) is 7.11 Å². The number of rotatable bonds is 3. The van der Waals surface area contributed by atoms with E-state index < -0.39 is 12.3 Å². The highest BCUT2D eigenvalue weighted by Gasteiger charge is 2.40. The van der Waals surface area contributed by atoms with Crippen LogP contribution in [-0.2, 0) is 9.78 Å². The first-order valence-electron chi connectivity index (χ1n) is 2.78. The third-order valence-corrected chi connectivity index (χ3v) is 0.948. The maximum absolute atomic E-state index is 11.7. The van der Waals surface area contributed by atoms with Crippen molar-refractivity contribution in [3.63, 3.8) is 0 Å². The summed E-state index contributed by atoms with van der Waals surface area (Å²) in [4.78, 5) is 7.83. The fourth-order valence-corrected chi connectivity index (χ4v) is 0.470. The minimum Gasteiger partial charge on any atom is -0.239 e. The number of hydrogen-bond donors (Lipinski definition) is 0. The van der Waals surface area contributed by atoms with Crippen molar-refractivity contribution in [1.29, 1.82) is 0 Å². The van der Waals surface area contributed by atoms with E-state index in [-0.39, 0.29) is 6.42 Å². The van der Waals surface area contributed by atoms with Gasteiger partial charge in [-0.05, 0) is 6.42 Å². The Kier molecular flexibility index (Phi) is 3.67. The molecule has 0 saturated heterocycles. The van der Waals surface area contributed by atoms with Crippen molar-refractivity contribution in [3.8, 4) is 0 Å². The van der Waals surface area contributed by atoms with E-state index in [4.69, 9.17) is 0 Å². The zero-order valence-electron chi connectivity index (χ0n) is 5.73. The van der Waals surface area contributed by atoms with Gasteiger partial charge in [0, 0.05) is 0 Å². The van der Waals surface area contributed by atoms with Crippen LogP contribution in [-0.4, -0.2) is 19.4 Å². The Bertz CT molecular complexity index is 91.4. The van der Waals surface area contributed by atoms with Gasteiger partial charge in [-0.2, -0.15) is 13.2 Å². The zero-order valence-corrected chi connectivity index (χ0v) is 5.73. The fourth-order valence-electron chi connectivity index (χ4n) is 0.470. The van der Waals surface area contributed by atoms with Gasteiger partial charge < -0.3 is 0 Å². The molecule has 0 aliphatic carbocycles. The zero-order chi connectivity index (χ0) is 8.20. The molecule has 0 amide bonds. The maximum Gasteiger partial charge on any atom is 0.417 e. The molecular weight excluding hydrogens is 149 g/mol. The predicted octanol–water partition coefficient (Wildman–Crippen LogP) is 1.91. The molecule has 0 fully saturated rings. The van der Waals surface area contributed by atoms with Crippen LogP contribution in [0.1, 0.15) is 13.3 Å². The molecule has 0 aromatic carbocycles. The number of halogens is 3. The van der Waals surface area contributed by atoms with Crippen molar-refractivity contribution < 1.29 is 22.9 Å². The van der Waals surface area contributed by atoms with Gasteiger partial charge in [0.1, 0.15) is 0 Å². The lowest BCUT2D eigenvalue weighted by atomic mass is 10.3. The summed E-state index contributed by atoms with van der Waals surface area (Å²) in [6, 6.07) is 0. The first-order chi connectivity index (χ1) is 4.52. The molecule has 0 heterocycles. The molecule has 10 heavy (non-hydrogen) atoms. The highest BCUT2D eigenvalue weighted by Crippen LogP contribution is 2.24. The Morgan fingerprint density at radius 2 is 1.90 bits per heavy atom. The minimum absolute atomic E-state index is 0.142. The van der Waals surface area contributed by atoms with Crippen molar-refractivity contribution in [2.45, 2.75) is 25.6 Å². The SMILES string of the molecule is CC[C@@H](OOC)C(F)(F)F. The van der Waals surface area contributed by atoms with Gasteiger partial charge in [-0.25, -0.2) is 9.78 Å². The smallest absolute Gasteiger partial charge is 0.239 e. The Morgan fingerprint density at radius 3 is 2.00 bits per heavy atom. The first kappa shape index (κ1) is 9.71. The van der Waals surface area contributed by atoms with Crippen molar-refractivity contribution in [1.82, 2.24) is 0 Å². The molecule has 5 heteroatoms. The monoisotopic (exact) mass is 158 g/mol. The van der Waals surface area contributed by atoms with Gasteiger partial charge in [-0.1, -0.05) is 6.92 Å². The third-order valence-electron chi connectivity index (χ3n) is 0.948. The van der Waals surface area contributed by atoms with Crippen molar-refractivity contribution in [2.24, 2.45) is 0 Å². The van der Waals surface area contributed by atoms with E-state index in [1.54, 1.807) is 0 Å². The van der Waals surface area contributed by atoms with Crippen LogP contribution in [0.25, 0.3) is 0 Å². The molecule has 0 saturated carbocycles. The summed E-state index contributed by atoms with van der Waals surface area (Å²) < 4.78 is 35.1. The van der Waals surface area contributed by atoms with E-state index in [1.165, 1.54) is 6.92 Å². The summed E-state index contributed by atoms with van der Waals surface area (Å²) in [5.41, 5.74) is 0. The van der Waals surface area contributed by atoms with Crippen molar-refractivity contribution >= 4 is 0 Å². The maximum atomic E-state index is 11.7. The van der Waals surface area contributed by atoms with Gasteiger partial charge in [0.25, 0.3) is 0 Å². The lowest BCUT2D eigenvalue weighted by Gasteiger charge is -2.15. The molecule has 0 unspecified atom stereocenters. The topological polar surface area (TPSA) is 18.5 Å². The van der Waals surface area contributed by atoms with Crippen LogP contribution in [0.2, 0.25) is 0 Å². The standard InChI is InChI=1S/C5H9F3O2/c1-3-4(10-9-2)5(6,7)8/h4H,3H2,1-2H3/t4-/m1/s1. The Hall–Kier alpha value is -0.290. The summed E-state index contributed by atoms with van der Waals surface area (Å²) in [6.45, 7) is 1.37. The Balaban J connectivity index is 3.81. The molecule has 0 bridgehead atoms. The van der Waals surface area contributed by atoms with E-state index in [0.29, 0.717) is 0 Å². The molecule has 2 nitrogen and oxygen atoms in total. The van der Waals surface area contributed by atoms with Gasteiger partial charge >= 0.3 is 6.18 Å². The normalized spacial score (nSPS) is 15.3. The molecule has 0 rings (SSSR count). The molecule has 0 spiro atoms. The second-order valence-corrected chi connectivity index (χ2v) is 1.70. The molecule has 0 radical (unpaired) electrons. The molecule has 62 valence electrons. The van der Waals surface area contributed by atoms with Gasteiger partial charge in [0.2, 0.25) is 0 Å². The Labute approximate surface area is 56.9 Å². The molecule has 0 N–H and O–H groups in total. The Morgan fingerprint density at radius 1 is 1.40 bits per heavy atom. The largest absolute Gasteiger partial charge is 0.417 e. The number of hydrogen-bond acceptors (Lipinski definition) is 2. The molecule has 0 aliphatic rings. The van der Waals surface area contributed by atoms with Crippen LogP contribution in [0.5, 0.6) is 0 Å². The van der Waals surface area contributed by atoms with Crippen LogP contribution < -0.4 is 0 Å². The minimum atomic E-state index is -4.33. The van der Waals surface area contributed by atoms with Gasteiger partial charge in [-0.15, -0.1) is 0 Å². The predicted molar refractivity (Wildman–Crippen MR) is 28.2 cm³/mol. The summed E-state index contributed by atoms with van der Waals surface area (Å²) in [5.74, 6) is 0. The van der Waals surface area contributed by atoms with E-state index in [2.05, 4.69) is 9.78 Å². The highest BCUT2D eigenvalue weighted by atomic mass is 19.4.